The number of Topliss-reactive ketones (excluding diaryl/α,β-unsaturated/α-hetero) is 1. The standard InChI is InChI=1S/C17H19BrN2O/c1-4-20(11-14-7-5-6-12(2)19-14)15-8-9-16(13(3)21)17(18)10-15/h5-10H,4,11H2,1-3H3. The molecule has 1 aromatic heterocycles. The van der Waals surface area contributed by atoms with Crippen LogP contribution in [-0.2, 0) is 6.54 Å². The van der Waals surface area contributed by atoms with Gasteiger partial charge in [-0.25, -0.2) is 0 Å². The van der Waals surface area contributed by atoms with Crippen LogP contribution in [0.15, 0.2) is 40.9 Å². The average molecular weight is 347 g/mol. The first kappa shape index (κ1) is 15.7. The Balaban J connectivity index is 2.25. The van der Waals surface area contributed by atoms with Crippen LogP contribution in [0.1, 0.15) is 35.6 Å². The van der Waals surface area contributed by atoms with Gasteiger partial charge in [0, 0.05) is 28.0 Å². The lowest BCUT2D eigenvalue weighted by Gasteiger charge is -2.23. The Kier molecular flexibility index (Phi) is 5.12. The van der Waals surface area contributed by atoms with Crippen molar-refractivity contribution in [2.45, 2.75) is 27.3 Å². The predicted octanol–water partition coefficient (Wildman–Crippen LogP) is 4.38. The molecule has 0 aliphatic heterocycles. The van der Waals surface area contributed by atoms with Crippen molar-refractivity contribution in [3.05, 3.63) is 57.8 Å². The SMILES string of the molecule is CCN(Cc1cccc(C)n1)c1ccc(C(C)=O)c(Br)c1. The van der Waals surface area contributed by atoms with Gasteiger partial charge in [0.2, 0.25) is 0 Å². The van der Waals surface area contributed by atoms with Gasteiger partial charge in [0.15, 0.2) is 5.78 Å². The minimum atomic E-state index is 0.0665. The molecule has 2 rings (SSSR count). The van der Waals surface area contributed by atoms with Crippen molar-refractivity contribution in [3.63, 3.8) is 0 Å². The number of anilines is 1. The largest absolute Gasteiger partial charge is 0.366 e. The molecule has 4 heteroatoms. The van der Waals surface area contributed by atoms with Crippen LogP contribution in [0.4, 0.5) is 5.69 Å². The van der Waals surface area contributed by atoms with E-state index >= 15 is 0 Å². The Morgan fingerprint density at radius 3 is 2.62 bits per heavy atom. The van der Waals surface area contributed by atoms with Crippen molar-refractivity contribution in [2.75, 3.05) is 11.4 Å². The van der Waals surface area contributed by atoms with Gasteiger partial charge in [-0.05, 0) is 67.0 Å². The van der Waals surface area contributed by atoms with Crippen LogP contribution < -0.4 is 4.90 Å². The maximum absolute atomic E-state index is 11.5. The van der Waals surface area contributed by atoms with E-state index in [0.29, 0.717) is 5.56 Å². The van der Waals surface area contributed by atoms with Gasteiger partial charge in [-0.2, -0.15) is 0 Å². The molecule has 1 heterocycles. The number of carbonyl (C=O) groups excluding carboxylic acids is 1. The summed E-state index contributed by atoms with van der Waals surface area (Å²) in [5, 5.41) is 0. The fourth-order valence-corrected chi connectivity index (χ4v) is 2.90. The molecular formula is C17H19BrN2O. The number of nitrogens with zero attached hydrogens (tertiary/aromatic N) is 2. The van der Waals surface area contributed by atoms with Gasteiger partial charge in [-0.15, -0.1) is 0 Å². The number of halogens is 1. The Labute approximate surface area is 134 Å². The molecule has 0 N–H and O–H groups in total. The molecule has 0 atom stereocenters. The van der Waals surface area contributed by atoms with Gasteiger partial charge in [-0.3, -0.25) is 9.78 Å². The second-order valence-electron chi connectivity index (χ2n) is 5.00. The van der Waals surface area contributed by atoms with E-state index in [4.69, 9.17) is 0 Å². The Bertz CT molecular complexity index is 655. The molecule has 3 nitrogen and oxygen atoms in total. The maximum atomic E-state index is 11.5. The summed E-state index contributed by atoms with van der Waals surface area (Å²) < 4.78 is 0.836. The highest BCUT2D eigenvalue weighted by atomic mass is 79.9. The van der Waals surface area contributed by atoms with E-state index < -0.39 is 0 Å². The molecule has 0 unspecified atom stereocenters. The first-order valence-electron chi connectivity index (χ1n) is 6.99. The monoisotopic (exact) mass is 346 g/mol. The first-order chi connectivity index (χ1) is 10.0. The van der Waals surface area contributed by atoms with Gasteiger partial charge in [0.1, 0.15) is 0 Å². The highest BCUT2D eigenvalue weighted by molar-refractivity contribution is 9.10. The number of aryl methyl sites for hydroxylation is 1. The summed E-state index contributed by atoms with van der Waals surface area (Å²) >= 11 is 3.48. The van der Waals surface area contributed by atoms with Crippen LogP contribution in [0, 0.1) is 6.92 Å². The number of hydrogen-bond acceptors (Lipinski definition) is 3. The Hall–Kier alpha value is -1.68. The van der Waals surface area contributed by atoms with Crippen molar-refractivity contribution in [1.82, 2.24) is 4.98 Å². The molecule has 0 radical (unpaired) electrons. The molecule has 110 valence electrons. The number of hydrogen-bond donors (Lipinski definition) is 0. The predicted molar refractivity (Wildman–Crippen MR) is 89.8 cm³/mol. The number of ketones is 1. The van der Waals surface area contributed by atoms with Crippen LogP contribution in [0.2, 0.25) is 0 Å². The van der Waals surface area contributed by atoms with E-state index in [1.165, 1.54) is 0 Å². The summed E-state index contributed by atoms with van der Waals surface area (Å²) in [6.45, 7) is 7.32. The highest BCUT2D eigenvalue weighted by Gasteiger charge is 2.10. The summed E-state index contributed by atoms with van der Waals surface area (Å²) in [5.74, 6) is 0.0665. The second-order valence-corrected chi connectivity index (χ2v) is 5.86. The van der Waals surface area contributed by atoms with E-state index in [1.807, 2.05) is 43.3 Å². The lowest BCUT2D eigenvalue weighted by molar-refractivity contribution is 0.101. The topological polar surface area (TPSA) is 33.2 Å². The van der Waals surface area contributed by atoms with Crippen LogP contribution >= 0.6 is 15.9 Å². The van der Waals surface area contributed by atoms with Gasteiger partial charge in [0.05, 0.1) is 12.2 Å². The summed E-state index contributed by atoms with van der Waals surface area (Å²) in [7, 11) is 0. The van der Waals surface area contributed by atoms with E-state index in [1.54, 1.807) is 6.92 Å². The molecule has 0 aliphatic carbocycles. The lowest BCUT2D eigenvalue weighted by atomic mass is 10.1. The molecular weight excluding hydrogens is 328 g/mol. The van der Waals surface area contributed by atoms with Gasteiger partial charge >= 0.3 is 0 Å². The zero-order valence-corrected chi connectivity index (χ0v) is 14.1. The second kappa shape index (κ2) is 6.85. The fraction of sp³-hybridized carbons (Fsp3) is 0.294. The molecule has 0 saturated heterocycles. The molecule has 0 aliphatic rings. The minimum Gasteiger partial charge on any atom is -0.366 e. The smallest absolute Gasteiger partial charge is 0.160 e. The number of aromatic nitrogens is 1. The molecule has 0 spiro atoms. The average Bonchev–Trinajstić information content (AvgIpc) is 2.44. The third kappa shape index (κ3) is 3.91. The van der Waals surface area contributed by atoms with Crippen molar-refractivity contribution in [3.8, 4) is 0 Å². The van der Waals surface area contributed by atoms with Crippen LogP contribution in [0.25, 0.3) is 0 Å². The molecule has 2 aromatic rings. The van der Waals surface area contributed by atoms with Crippen LogP contribution in [0.3, 0.4) is 0 Å². The van der Waals surface area contributed by atoms with Gasteiger partial charge in [0.25, 0.3) is 0 Å². The molecule has 0 fully saturated rings. The molecule has 21 heavy (non-hydrogen) atoms. The molecule has 1 aromatic carbocycles. The van der Waals surface area contributed by atoms with Crippen LogP contribution in [0.5, 0.6) is 0 Å². The minimum absolute atomic E-state index is 0.0665. The highest BCUT2D eigenvalue weighted by Crippen LogP contribution is 2.25. The summed E-state index contributed by atoms with van der Waals surface area (Å²) in [6.07, 6.45) is 0. The van der Waals surface area contributed by atoms with Crippen molar-refractivity contribution >= 4 is 27.4 Å². The number of benzene rings is 1. The number of pyridine rings is 1. The van der Waals surface area contributed by atoms with Crippen molar-refractivity contribution in [2.24, 2.45) is 0 Å². The first-order valence-corrected chi connectivity index (χ1v) is 7.78. The van der Waals surface area contributed by atoms with E-state index in [-0.39, 0.29) is 5.78 Å². The number of carbonyl (C=O) groups is 1. The summed E-state index contributed by atoms with van der Waals surface area (Å²) in [5.41, 5.74) is 3.86. The third-order valence-corrected chi connectivity index (χ3v) is 4.03. The normalized spacial score (nSPS) is 10.5. The summed E-state index contributed by atoms with van der Waals surface area (Å²) in [4.78, 5) is 18.3. The molecule has 0 amide bonds. The van der Waals surface area contributed by atoms with E-state index in [0.717, 1.165) is 34.6 Å². The molecule has 0 bridgehead atoms. The lowest BCUT2D eigenvalue weighted by Crippen LogP contribution is -2.22. The zero-order chi connectivity index (χ0) is 15.4. The zero-order valence-electron chi connectivity index (χ0n) is 12.6. The fourth-order valence-electron chi connectivity index (χ4n) is 2.26. The molecule has 0 saturated carbocycles. The Morgan fingerprint density at radius 1 is 1.29 bits per heavy atom. The van der Waals surface area contributed by atoms with Gasteiger partial charge in [-0.1, -0.05) is 6.07 Å². The third-order valence-electron chi connectivity index (χ3n) is 3.38. The van der Waals surface area contributed by atoms with E-state index in [2.05, 4.69) is 32.7 Å². The van der Waals surface area contributed by atoms with E-state index in [9.17, 15) is 4.79 Å². The Morgan fingerprint density at radius 2 is 2.05 bits per heavy atom. The quantitative estimate of drug-likeness (QED) is 0.753. The maximum Gasteiger partial charge on any atom is 0.160 e. The van der Waals surface area contributed by atoms with Crippen molar-refractivity contribution < 1.29 is 4.79 Å². The van der Waals surface area contributed by atoms with Gasteiger partial charge < -0.3 is 4.90 Å². The van der Waals surface area contributed by atoms with Crippen LogP contribution in [-0.4, -0.2) is 17.3 Å². The summed E-state index contributed by atoms with van der Waals surface area (Å²) in [6, 6.07) is 11.9. The number of rotatable bonds is 5. The van der Waals surface area contributed by atoms with Crippen molar-refractivity contribution in [1.29, 1.82) is 0 Å².